The van der Waals surface area contributed by atoms with Crippen LogP contribution >= 0.6 is 0 Å². The highest BCUT2D eigenvalue weighted by molar-refractivity contribution is 5.71. The average Bonchev–Trinajstić information content (AvgIpc) is 3.43. The Balaban J connectivity index is 4.24. The number of ether oxygens (including phenoxy) is 3. The highest BCUT2D eigenvalue weighted by Crippen LogP contribution is 2.18. The summed E-state index contributed by atoms with van der Waals surface area (Å²) >= 11 is 0. The van der Waals surface area contributed by atoms with E-state index in [0.717, 1.165) is 83.5 Å². The Morgan fingerprint density at radius 1 is 0.273 bits per heavy atom. The molecule has 0 heterocycles. The quantitative estimate of drug-likeness (QED) is 0.0261. The van der Waals surface area contributed by atoms with Gasteiger partial charge in [-0.1, -0.05) is 312 Å². The maximum Gasteiger partial charge on any atom is 0.306 e. The summed E-state index contributed by atoms with van der Waals surface area (Å²) in [6.45, 7) is 6.50. The lowest BCUT2D eigenvalue weighted by atomic mass is 10.0. The minimum atomic E-state index is -0.808. The van der Waals surface area contributed by atoms with Crippen molar-refractivity contribution < 1.29 is 28.6 Å². The Kier molecular flexibility index (Phi) is 62.7. The maximum atomic E-state index is 12.9. The zero-order valence-corrected chi connectivity index (χ0v) is 51.2. The second-order valence-corrected chi connectivity index (χ2v) is 22.4. The molecule has 0 N–H and O–H groups in total. The molecule has 0 radical (unpaired) electrons. The lowest BCUT2D eigenvalue weighted by molar-refractivity contribution is -0.167. The van der Waals surface area contributed by atoms with Gasteiger partial charge >= 0.3 is 17.9 Å². The van der Waals surface area contributed by atoms with E-state index in [1.807, 2.05) is 0 Å². The zero-order valence-electron chi connectivity index (χ0n) is 51.2. The first-order valence-corrected chi connectivity index (χ1v) is 33.4. The molecule has 0 bridgehead atoms. The number of rotatable bonds is 61. The average molecular weight is 1080 g/mol. The summed E-state index contributed by atoms with van der Waals surface area (Å²) in [5.41, 5.74) is 0. The number of hydrogen-bond donors (Lipinski definition) is 0. The first-order valence-electron chi connectivity index (χ1n) is 33.4. The molecule has 0 fully saturated rings. The standard InChI is InChI=1S/C71H126O6/c1-4-7-10-13-16-19-22-25-27-29-30-31-32-33-34-35-36-37-38-39-40-42-43-46-49-52-55-58-61-64-70(73)76-67-68(66-75-69(72)63-60-57-54-51-48-45-24-21-18-15-12-9-6-3)77-71(74)65-62-59-56-53-50-47-44-41-28-26-23-20-17-14-11-8-5-2/h8,11,17,20-21,24,26,28,44,47,53,56,68H,4-7,9-10,12-16,18-19,22-23,25,27,29-43,45-46,48-52,54-55,57-67H2,1-3H3/b11-8-,20-17-,24-21-,28-26-,47-44-,56-53-. The molecule has 0 saturated carbocycles. The van der Waals surface area contributed by atoms with Crippen LogP contribution < -0.4 is 0 Å². The van der Waals surface area contributed by atoms with E-state index in [-0.39, 0.29) is 37.5 Å². The highest BCUT2D eigenvalue weighted by atomic mass is 16.6. The van der Waals surface area contributed by atoms with Crippen LogP contribution in [0.1, 0.15) is 342 Å². The Labute approximate surface area is 478 Å². The SMILES string of the molecule is CC/C=C\C/C=C\C/C=C\C/C=C\C/C=C\CCCC(=O)OC(COC(=O)CCCCCCC/C=C\CCCCCC)COC(=O)CCCCCCCCCCCCCCCCCCCCCCCCCCCCCCC. The summed E-state index contributed by atoms with van der Waals surface area (Å²) in [4.78, 5) is 38.3. The summed E-state index contributed by atoms with van der Waals surface area (Å²) < 4.78 is 16.9. The molecule has 0 aliphatic rings. The van der Waals surface area contributed by atoms with Gasteiger partial charge in [-0.25, -0.2) is 0 Å². The third-order valence-electron chi connectivity index (χ3n) is 14.7. The highest BCUT2D eigenvalue weighted by Gasteiger charge is 2.19. The van der Waals surface area contributed by atoms with Crippen LogP contribution in [0.5, 0.6) is 0 Å². The van der Waals surface area contributed by atoms with Crippen LogP contribution in [0.15, 0.2) is 72.9 Å². The van der Waals surface area contributed by atoms with Crippen LogP contribution in [0.4, 0.5) is 0 Å². The van der Waals surface area contributed by atoms with Gasteiger partial charge in [0.15, 0.2) is 6.10 Å². The first kappa shape index (κ1) is 73.8. The molecule has 77 heavy (non-hydrogen) atoms. The monoisotopic (exact) mass is 1070 g/mol. The second-order valence-electron chi connectivity index (χ2n) is 22.4. The lowest BCUT2D eigenvalue weighted by Crippen LogP contribution is -2.30. The van der Waals surface area contributed by atoms with Crippen LogP contribution in [0.25, 0.3) is 0 Å². The van der Waals surface area contributed by atoms with Crippen molar-refractivity contribution in [2.24, 2.45) is 0 Å². The van der Waals surface area contributed by atoms with Gasteiger partial charge in [-0.2, -0.15) is 0 Å². The van der Waals surface area contributed by atoms with Crippen LogP contribution in [0.2, 0.25) is 0 Å². The summed E-state index contributed by atoms with van der Waals surface area (Å²) in [7, 11) is 0. The molecular weight excluding hydrogens is 949 g/mol. The fourth-order valence-electron chi connectivity index (χ4n) is 9.71. The van der Waals surface area contributed by atoms with Gasteiger partial charge in [0.05, 0.1) is 0 Å². The van der Waals surface area contributed by atoms with Gasteiger partial charge in [-0.3, -0.25) is 14.4 Å². The summed E-state index contributed by atoms with van der Waals surface area (Å²) in [5.74, 6) is -0.951. The minimum Gasteiger partial charge on any atom is -0.462 e. The van der Waals surface area contributed by atoms with Gasteiger partial charge in [-0.15, -0.1) is 0 Å². The van der Waals surface area contributed by atoms with Crippen LogP contribution in [-0.2, 0) is 28.6 Å². The fraction of sp³-hybridized carbons (Fsp3) is 0.789. The van der Waals surface area contributed by atoms with Crippen molar-refractivity contribution in [3.8, 4) is 0 Å². The molecular formula is C71H126O6. The van der Waals surface area contributed by atoms with Crippen molar-refractivity contribution in [3.63, 3.8) is 0 Å². The van der Waals surface area contributed by atoms with Crippen molar-refractivity contribution in [2.45, 2.75) is 348 Å². The number of esters is 3. The molecule has 446 valence electrons. The van der Waals surface area contributed by atoms with Crippen LogP contribution in [-0.4, -0.2) is 37.2 Å². The van der Waals surface area contributed by atoms with E-state index in [1.54, 1.807) is 0 Å². The predicted octanol–water partition coefficient (Wildman–Crippen LogP) is 22.9. The number of carbonyl (C=O) groups is 3. The zero-order chi connectivity index (χ0) is 55.7. The summed E-state index contributed by atoms with van der Waals surface area (Å²) in [5, 5.41) is 0. The van der Waals surface area contributed by atoms with Crippen LogP contribution in [0, 0.1) is 0 Å². The largest absolute Gasteiger partial charge is 0.462 e. The molecule has 6 nitrogen and oxygen atoms in total. The van der Waals surface area contributed by atoms with Gasteiger partial charge in [0, 0.05) is 19.3 Å². The number of hydrogen-bond acceptors (Lipinski definition) is 6. The molecule has 0 aliphatic carbocycles. The number of allylic oxidation sites excluding steroid dienone is 12. The smallest absolute Gasteiger partial charge is 0.306 e. The van der Waals surface area contributed by atoms with E-state index >= 15 is 0 Å². The van der Waals surface area contributed by atoms with Crippen LogP contribution in [0.3, 0.4) is 0 Å². The Morgan fingerprint density at radius 2 is 0.519 bits per heavy atom. The predicted molar refractivity (Wildman–Crippen MR) is 335 cm³/mol. The van der Waals surface area contributed by atoms with E-state index in [9.17, 15) is 14.4 Å². The molecule has 0 aliphatic heterocycles. The maximum absolute atomic E-state index is 12.9. The van der Waals surface area contributed by atoms with Crippen molar-refractivity contribution >= 4 is 17.9 Å². The number of carbonyl (C=O) groups excluding carboxylic acids is 3. The molecule has 6 heteroatoms. The minimum absolute atomic E-state index is 0.0978. The van der Waals surface area contributed by atoms with Gasteiger partial charge < -0.3 is 14.2 Å². The third-order valence-corrected chi connectivity index (χ3v) is 14.7. The Hall–Kier alpha value is -3.15. The molecule has 0 amide bonds. The molecule has 1 unspecified atom stereocenters. The Morgan fingerprint density at radius 3 is 0.857 bits per heavy atom. The molecule has 0 spiro atoms. The lowest BCUT2D eigenvalue weighted by Gasteiger charge is -2.18. The van der Waals surface area contributed by atoms with E-state index in [0.29, 0.717) is 19.3 Å². The third kappa shape index (κ3) is 63.6. The van der Waals surface area contributed by atoms with Crippen molar-refractivity contribution in [3.05, 3.63) is 72.9 Å². The van der Waals surface area contributed by atoms with Crippen molar-refractivity contribution in [1.29, 1.82) is 0 Å². The second kappa shape index (κ2) is 65.4. The molecule has 0 aromatic carbocycles. The van der Waals surface area contributed by atoms with Gasteiger partial charge in [0.25, 0.3) is 0 Å². The van der Waals surface area contributed by atoms with Gasteiger partial charge in [0.2, 0.25) is 0 Å². The fourth-order valence-corrected chi connectivity index (χ4v) is 9.71. The normalized spacial score (nSPS) is 12.5. The topological polar surface area (TPSA) is 78.9 Å². The van der Waals surface area contributed by atoms with E-state index in [1.165, 1.54) is 212 Å². The van der Waals surface area contributed by atoms with Gasteiger partial charge in [-0.05, 0) is 83.5 Å². The Bertz CT molecular complexity index is 1420. The first-order chi connectivity index (χ1) is 38.0. The van der Waals surface area contributed by atoms with Crippen molar-refractivity contribution in [2.75, 3.05) is 13.2 Å². The van der Waals surface area contributed by atoms with Crippen molar-refractivity contribution in [1.82, 2.24) is 0 Å². The van der Waals surface area contributed by atoms with E-state index in [4.69, 9.17) is 14.2 Å². The van der Waals surface area contributed by atoms with Gasteiger partial charge in [0.1, 0.15) is 13.2 Å². The number of unbranched alkanes of at least 4 members (excludes halogenated alkanes) is 38. The molecule has 0 rings (SSSR count). The van der Waals surface area contributed by atoms with E-state index < -0.39 is 6.10 Å². The molecule has 0 aromatic heterocycles. The molecule has 0 aromatic rings. The van der Waals surface area contributed by atoms with E-state index in [2.05, 4.69) is 93.7 Å². The summed E-state index contributed by atoms with van der Waals surface area (Å²) in [6, 6.07) is 0. The molecule has 1 atom stereocenters. The molecule has 0 saturated heterocycles. The summed E-state index contributed by atoms with van der Waals surface area (Å²) in [6.07, 6.45) is 85.2.